The molecule has 3 fully saturated rings. The van der Waals surface area contributed by atoms with Gasteiger partial charge in [-0.05, 0) is 94.7 Å². The largest absolute Gasteiger partial charge is 0.466 e. The van der Waals surface area contributed by atoms with Crippen LogP contribution in [-0.2, 0) is 19.1 Å². The normalized spacial score (nSPS) is 18.4. The summed E-state index contributed by atoms with van der Waals surface area (Å²) < 4.78 is 11.2. The molecule has 1 aliphatic heterocycles. The third-order valence-electron chi connectivity index (χ3n) is 12.0. The van der Waals surface area contributed by atoms with E-state index >= 15 is 0 Å². The number of carbonyl (C=O) groups is 2. The van der Waals surface area contributed by atoms with Crippen LogP contribution in [0.1, 0.15) is 207 Å². The molecule has 0 atom stereocenters. The van der Waals surface area contributed by atoms with Gasteiger partial charge in [-0.15, -0.1) is 0 Å². The minimum atomic E-state index is 0.0125. The highest BCUT2D eigenvalue weighted by Crippen LogP contribution is 2.66. The third kappa shape index (κ3) is 23.0. The molecule has 0 unspecified atom stereocenters. The fourth-order valence-electron chi connectivity index (χ4n) is 8.63. The van der Waals surface area contributed by atoms with Crippen LogP contribution >= 0.6 is 0 Å². The molecule has 310 valence electrons. The smallest absolute Gasteiger partial charge is 0.306 e. The highest BCUT2D eigenvalue weighted by atomic mass is 16.5. The average Bonchev–Trinajstić information content (AvgIpc) is 3.65. The summed E-state index contributed by atoms with van der Waals surface area (Å²) in [5.74, 6) is 1.71. The number of nitrogens with one attached hydrogen (secondary N) is 1. The molecule has 0 radical (unpaired) electrons. The van der Waals surface area contributed by atoms with Gasteiger partial charge >= 0.3 is 11.9 Å². The quantitative estimate of drug-likeness (QED) is 0.0506. The molecule has 2 bridgehead atoms. The second-order valence-corrected chi connectivity index (χ2v) is 16.8. The van der Waals surface area contributed by atoms with Crippen LogP contribution in [-0.4, -0.2) is 67.8 Å². The Kier molecular flexibility index (Phi) is 28.1. The van der Waals surface area contributed by atoms with E-state index in [2.05, 4.69) is 35.2 Å². The SMILES string of the molecule is CC.CCCCCCC(CCCCCC)CCOC(=O)CCCCCCCN(CCCCCCCCOC(=O)CC12CC(C1)C2)CCCN1C=CNC1. The molecular formula is C46H87N3O4. The Morgan fingerprint density at radius 2 is 1.23 bits per heavy atom. The summed E-state index contributed by atoms with van der Waals surface area (Å²) in [4.78, 5) is 29.6. The Balaban J connectivity index is 0.00000477. The molecule has 3 aliphatic carbocycles. The van der Waals surface area contributed by atoms with Crippen LogP contribution in [0.3, 0.4) is 0 Å². The van der Waals surface area contributed by atoms with Gasteiger partial charge in [0.15, 0.2) is 0 Å². The molecule has 53 heavy (non-hydrogen) atoms. The lowest BCUT2D eigenvalue weighted by molar-refractivity contribution is -0.164. The van der Waals surface area contributed by atoms with E-state index in [0.717, 1.165) is 57.2 Å². The van der Waals surface area contributed by atoms with Crippen LogP contribution in [0.15, 0.2) is 12.4 Å². The van der Waals surface area contributed by atoms with E-state index < -0.39 is 0 Å². The summed E-state index contributed by atoms with van der Waals surface area (Å²) in [7, 11) is 0. The number of ether oxygens (including phenoxy) is 2. The summed E-state index contributed by atoms with van der Waals surface area (Å²) in [6.45, 7) is 15.4. The molecule has 3 saturated carbocycles. The molecule has 4 rings (SSSR count). The number of esters is 2. The van der Waals surface area contributed by atoms with Crippen LogP contribution in [0.5, 0.6) is 0 Å². The van der Waals surface area contributed by atoms with Gasteiger partial charge in [0.2, 0.25) is 0 Å². The van der Waals surface area contributed by atoms with Crippen molar-refractivity contribution in [2.75, 3.05) is 46.1 Å². The maximum Gasteiger partial charge on any atom is 0.306 e. The summed E-state index contributed by atoms with van der Waals surface area (Å²) >= 11 is 0. The number of hydrogen-bond donors (Lipinski definition) is 1. The Labute approximate surface area is 328 Å². The van der Waals surface area contributed by atoms with Crippen LogP contribution in [0.4, 0.5) is 0 Å². The zero-order valence-corrected chi connectivity index (χ0v) is 35.6. The number of rotatable bonds is 36. The standard InChI is InChI=1S/C44H81N3O4.C2H6/c1-3-5-7-16-23-40(24-17-8-6-4-2)26-34-51-42(48)25-18-12-11-14-20-29-46(30-22-31-47-32-27-45-39-47)28-19-13-9-10-15-21-33-50-43(49)38-44-35-41(36-44)37-44;1-2/h27,32,40-41,45H,3-26,28-31,33-39H2,1-2H3;1-2H3. The molecular weight excluding hydrogens is 659 g/mol. The molecule has 7 nitrogen and oxygen atoms in total. The second-order valence-electron chi connectivity index (χ2n) is 16.8. The molecule has 1 N–H and O–H groups in total. The van der Waals surface area contributed by atoms with E-state index in [1.165, 1.54) is 154 Å². The number of unbranched alkanes of at least 4 members (excludes halogenated alkanes) is 15. The molecule has 4 aliphatic rings. The van der Waals surface area contributed by atoms with Gasteiger partial charge in [0, 0.05) is 25.4 Å². The second kappa shape index (κ2) is 31.4. The van der Waals surface area contributed by atoms with Gasteiger partial charge in [-0.2, -0.15) is 0 Å². The van der Waals surface area contributed by atoms with E-state index in [0.29, 0.717) is 31.5 Å². The van der Waals surface area contributed by atoms with Crippen molar-refractivity contribution in [3.05, 3.63) is 12.4 Å². The van der Waals surface area contributed by atoms with Crippen molar-refractivity contribution < 1.29 is 19.1 Å². The van der Waals surface area contributed by atoms with Gasteiger partial charge in [-0.3, -0.25) is 9.59 Å². The average molecular weight is 746 g/mol. The first-order chi connectivity index (χ1) is 26.0. The third-order valence-corrected chi connectivity index (χ3v) is 12.0. The maximum absolute atomic E-state index is 12.4. The fourth-order valence-corrected chi connectivity index (χ4v) is 8.63. The zero-order valence-electron chi connectivity index (χ0n) is 35.6. The van der Waals surface area contributed by atoms with E-state index in [-0.39, 0.29) is 11.9 Å². The minimum Gasteiger partial charge on any atom is -0.466 e. The topological polar surface area (TPSA) is 71.1 Å². The summed E-state index contributed by atoms with van der Waals surface area (Å²) in [6.07, 6.45) is 37.7. The molecule has 7 heteroatoms. The van der Waals surface area contributed by atoms with Crippen molar-refractivity contribution in [3.8, 4) is 0 Å². The predicted molar refractivity (Wildman–Crippen MR) is 224 cm³/mol. The van der Waals surface area contributed by atoms with E-state index in [1.807, 2.05) is 20.0 Å². The molecule has 0 amide bonds. The summed E-state index contributed by atoms with van der Waals surface area (Å²) in [6, 6.07) is 0. The van der Waals surface area contributed by atoms with Crippen molar-refractivity contribution in [2.45, 2.75) is 207 Å². The summed E-state index contributed by atoms with van der Waals surface area (Å²) in [5, 5.41) is 3.28. The number of hydrogen-bond acceptors (Lipinski definition) is 7. The Morgan fingerprint density at radius 3 is 1.79 bits per heavy atom. The first-order valence-electron chi connectivity index (χ1n) is 23.2. The van der Waals surface area contributed by atoms with Gasteiger partial charge in [0.1, 0.15) is 0 Å². The van der Waals surface area contributed by atoms with Crippen molar-refractivity contribution in [1.82, 2.24) is 15.1 Å². The van der Waals surface area contributed by atoms with Crippen molar-refractivity contribution in [2.24, 2.45) is 17.3 Å². The molecule has 0 aromatic rings. The van der Waals surface area contributed by atoms with Crippen LogP contribution in [0, 0.1) is 17.3 Å². The number of nitrogens with zero attached hydrogens (tertiary/aromatic N) is 2. The van der Waals surface area contributed by atoms with Gasteiger partial charge < -0.3 is 24.6 Å². The zero-order chi connectivity index (χ0) is 38.2. The van der Waals surface area contributed by atoms with Crippen molar-refractivity contribution in [3.63, 3.8) is 0 Å². The highest BCUT2D eigenvalue weighted by Gasteiger charge is 2.57. The molecule has 0 saturated heterocycles. The van der Waals surface area contributed by atoms with Crippen LogP contribution < -0.4 is 5.32 Å². The lowest BCUT2D eigenvalue weighted by atomic mass is 9.43. The van der Waals surface area contributed by atoms with E-state index in [9.17, 15) is 9.59 Å². The molecule has 0 aromatic carbocycles. The first kappa shape index (κ1) is 47.4. The van der Waals surface area contributed by atoms with Crippen LogP contribution in [0.2, 0.25) is 0 Å². The number of carbonyl (C=O) groups excluding carboxylic acids is 2. The first-order valence-corrected chi connectivity index (χ1v) is 23.2. The lowest BCUT2D eigenvalue weighted by Crippen LogP contribution is -2.52. The van der Waals surface area contributed by atoms with Crippen LogP contribution in [0.25, 0.3) is 0 Å². The fraction of sp³-hybridized carbons (Fsp3) is 0.913. The summed E-state index contributed by atoms with van der Waals surface area (Å²) in [5.41, 5.74) is 0.360. The Bertz CT molecular complexity index is 897. The molecule has 0 spiro atoms. The predicted octanol–water partition coefficient (Wildman–Crippen LogP) is 11.9. The minimum absolute atomic E-state index is 0.0125. The van der Waals surface area contributed by atoms with Gasteiger partial charge in [0.25, 0.3) is 0 Å². The van der Waals surface area contributed by atoms with Crippen molar-refractivity contribution >= 4 is 11.9 Å². The van der Waals surface area contributed by atoms with Gasteiger partial charge in [0.05, 0.1) is 26.3 Å². The van der Waals surface area contributed by atoms with Gasteiger partial charge in [-0.25, -0.2) is 0 Å². The maximum atomic E-state index is 12.4. The Hall–Kier alpha value is -1.76. The van der Waals surface area contributed by atoms with E-state index in [4.69, 9.17) is 9.47 Å². The van der Waals surface area contributed by atoms with E-state index in [1.54, 1.807) is 0 Å². The van der Waals surface area contributed by atoms with Crippen molar-refractivity contribution in [1.29, 1.82) is 0 Å². The molecule has 1 heterocycles. The monoisotopic (exact) mass is 746 g/mol. The van der Waals surface area contributed by atoms with Gasteiger partial charge in [-0.1, -0.05) is 137 Å². The lowest BCUT2D eigenvalue weighted by Gasteiger charge is -2.61. The highest BCUT2D eigenvalue weighted by molar-refractivity contribution is 5.71. The molecule has 0 aromatic heterocycles. The Morgan fingerprint density at radius 1 is 0.679 bits per heavy atom.